The molecular formula is C22H23FN4O3. The Morgan fingerprint density at radius 3 is 2.67 bits per heavy atom. The highest BCUT2D eigenvalue weighted by molar-refractivity contribution is 5.77. The van der Waals surface area contributed by atoms with Gasteiger partial charge in [-0.2, -0.15) is 0 Å². The number of aliphatic imine (C=N–C) groups is 1. The molecule has 0 aliphatic carbocycles. The minimum absolute atomic E-state index is 0.269. The standard InChI is InChI=1S/C22H23FN4O3/c1-28-19-9-8-15(11-20(19)29-2)13-26-22(24)27-14-16-5-4-10-25-21(16)30-18-7-3-6-17(23)12-18/h3-12H,13-14H2,1-2H3,(H3,24,26,27). The Labute approximate surface area is 174 Å². The molecular weight excluding hydrogens is 387 g/mol. The highest BCUT2D eigenvalue weighted by Gasteiger charge is 2.08. The molecule has 3 rings (SSSR count). The van der Waals surface area contributed by atoms with Crippen LogP contribution in [-0.4, -0.2) is 25.2 Å². The maximum absolute atomic E-state index is 13.4. The summed E-state index contributed by atoms with van der Waals surface area (Å²) in [5, 5.41) is 3.04. The molecule has 156 valence electrons. The van der Waals surface area contributed by atoms with E-state index in [2.05, 4.69) is 15.3 Å². The van der Waals surface area contributed by atoms with Crippen LogP contribution in [0.2, 0.25) is 0 Å². The van der Waals surface area contributed by atoms with E-state index in [1.165, 1.54) is 12.1 Å². The molecule has 0 saturated carbocycles. The summed E-state index contributed by atoms with van der Waals surface area (Å²) >= 11 is 0. The predicted molar refractivity (Wildman–Crippen MR) is 112 cm³/mol. The lowest BCUT2D eigenvalue weighted by Gasteiger charge is -2.11. The van der Waals surface area contributed by atoms with Crippen LogP contribution in [-0.2, 0) is 13.1 Å². The van der Waals surface area contributed by atoms with E-state index in [0.29, 0.717) is 36.2 Å². The molecule has 0 saturated heterocycles. The second-order valence-corrected chi connectivity index (χ2v) is 6.27. The van der Waals surface area contributed by atoms with Gasteiger partial charge in [0, 0.05) is 24.4 Å². The normalized spacial score (nSPS) is 11.1. The van der Waals surface area contributed by atoms with Crippen LogP contribution in [0.1, 0.15) is 11.1 Å². The Kier molecular flexibility index (Phi) is 7.05. The molecule has 1 heterocycles. The zero-order valence-electron chi connectivity index (χ0n) is 16.8. The average molecular weight is 410 g/mol. The monoisotopic (exact) mass is 410 g/mol. The highest BCUT2D eigenvalue weighted by atomic mass is 19.1. The molecule has 8 heteroatoms. The quantitative estimate of drug-likeness (QED) is 0.435. The van der Waals surface area contributed by atoms with Crippen molar-refractivity contribution in [3.8, 4) is 23.1 Å². The predicted octanol–water partition coefficient (Wildman–Crippen LogP) is 3.63. The molecule has 0 unspecified atom stereocenters. The van der Waals surface area contributed by atoms with Crippen LogP contribution in [0.3, 0.4) is 0 Å². The van der Waals surface area contributed by atoms with E-state index in [-0.39, 0.29) is 11.8 Å². The summed E-state index contributed by atoms with van der Waals surface area (Å²) in [4.78, 5) is 8.56. The average Bonchev–Trinajstić information content (AvgIpc) is 2.77. The topological polar surface area (TPSA) is 91.0 Å². The van der Waals surface area contributed by atoms with Gasteiger partial charge in [-0.1, -0.05) is 18.2 Å². The lowest BCUT2D eigenvalue weighted by Crippen LogP contribution is -2.31. The third-order valence-electron chi connectivity index (χ3n) is 4.20. The third kappa shape index (κ3) is 5.60. The van der Waals surface area contributed by atoms with E-state index in [4.69, 9.17) is 19.9 Å². The Balaban J connectivity index is 1.62. The smallest absolute Gasteiger partial charge is 0.224 e. The van der Waals surface area contributed by atoms with E-state index in [0.717, 1.165) is 11.1 Å². The molecule has 0 bridgehead atoms. The van der Waals surface area contributed by atoms with Crippen molar-refractivity contribution in [2.24, 2.45) is 10.7 Å². The van der Waals surface area contributed by atoms with Crippen molar-refractivity contribution in [2.45, 2.75) is 13.1 Å². The van der Waals surface area contributed by atoms with E-state index < -0.39 is 0 Å². The Morgan fingerprint density at radius 1 is 1.07 bits per heavy atom. The van der Waals surface area contributed by atoms with Gasteiger partial charge in [-0.15, -0.1) is 0 Å². The minimum Gasteiger partial charge on any atom is -0.493 e. The number of rotatable bonds is 8. The lowest BCUT2D eigenvalue weighted by molar-refractivity contribution is 0.354. The van der Waals surface area contributed by atoms with E-state index in [9.17, 15) is 4.39 Å². The van der Waals surface area contributed by atoms with Gasteiger partial charge in [0.25, 0.3) is 0 Å². The van der Waals surface area contributed by atoms with Gasteiger partial charge in [-0.05, 0) is 35.9 Å². The summed E-state index contributed by atoms with van der Waals surface area (Å²) in [5.74, 6) is 1.90. The van der Waals surface area contributed by atoms with Crippen LogP contribution in [0.5, 0.6) is 23.1 Å². The van der Waals surface area contributed by atoms with Crippen molar-refractivity contribution in [2.75, 3.05) is 14.2 Å². The van der Waals surface area contributed by atoms with Crippen molar-refractivity contribution in [1.82, 2.24) is 10.3 Å². The second-order valence-electron chi connectivity index (χ2n) is 6.27. The number of hydrogen-bond donors (Lipinski definition) is 2. The van der Waals surface area contributed by atoms with Gasteiger partial charge in [0.1, 0.15) is 11.6 Å². The number of aromatic nitrogens is 1. The van der Waals surface area contributed by atoms with Gasteiger partial charge in [0.2, 0.25) is 5.88 Å². The Hall–Kier alpha value is -3.81. The molecule has 30 heavy (non-hydrogen) atoms. The second kappa shape index (κ2) is 10.1. The molecule has 0 aliphatic heterocycles. The highest BCUT2D eigenvalue weighted by Crippen LogP contribution is 2.27. The summed E-state index contributed by atoms with van der Waals surface area (Å²) < 4.78 is 29.6. The van der Waals surface area contributed by atoms with Crippen LogP contribution in [0.15, 0.2) is 65.8 Å². The Bertz CT molecular complexity index is 1030. The number of nitrogens with two attached hydrogens (primary N) is 1. The van der Waals surface area contributed by atoms with Crippen LogP contribution < -0.4 is 25.3 Å². The van der Waals surface area contributed by atoms with Crippen LogP contribution in [0.4, 0.5) is 4.39 Å². The van der Waals surface area contributed by atoms with E-state index in [1.54, 1.807) is 38.6 Å². The van der Waals surface area contributed by atoms with Gasteiger partial charge in [0.05, 0.1) is 20.8 Å². The number of nitrogens with one attached hydrogen (secondary N) is 1. The van der Waals surface area contributed by atoms with Crippen LogP contribution in [0, 0.1) is 5.82 Å². The first kappa shape index (κ1) is 20.9. The number of pyridine rings is 1. The fourth-order valence-electron chi connectivity index (χ4n) is 2.69. The van der Waals surface area contributed by atoms with Gasteiger partial charge in [-0.3, -0.25) is 0 Å². The van der Waals surface area contributed by atoms with E-state index in [1.807, 2.05) is 24.3 Å². The minimum atomic E-state index is -0.380. The van der Waals surface area contributed by atoms with Crippen molar-refractivity contribution >= 4 is 5.96 Å². The fourth-order valence-corrected chi connectivity index (χ4v) is 2.69. The summed E-state index contributed by atoms with van der Waals surface area (Å²) in [6, 6.07) is 15.1. The molecule has 0 amide bonds. The molecule has 0 spiro atoms. The first-order valence-corrected chi connectivity index (χ1v) is 9.21. The van der Waals surface area contributed by atoms with Gasteiger partial charge >= 0.3 is 0 Å². The maximum Gasteiger partial charge on any atom is 0.224 e. The number of hydrogen-bond acceptors (Lipinski definition) is 5. The third-order valence-corrected chi connectivity index (χ3v) is 4.20. The first-order valence-electron chi connectivity index (χ1n) is 9.21. The summed E-state index contributed by atoms with van der Waals surface area (Å²) in [6.07, 6.45) is 1.60. The largest absolute Gasteiger partial charge is 0.493 e. The molecule has 1 aromatic heterocycles. The number of ether oxygens (including phenoxy) is 3. The number of benzene rings is 2. The summed E-state index contributed by atoms with van der Waals surface area (Å²) in [6.45, 7) is 0.721. The first-order chi connectivity index (χ1) is 14.6. The number of guanidine groups is 1. The van der Waals surface area contributed by atoms with Gasteiger partial charge < -0.3 is 25.3 Å². The fraction of sp³-hybridized carbons (Fsp3) is 0.182. The number of halogens is 1. The van der Waals surface area contributed by atoms with Crippen molar-refractivity contribution < 1.29 is 18.6 Å². The lowest BCUT2D eigenvalue weighted by atomic mass is 10.2. The molecule has 0 atom stereocenters. The zero-order valence-corrected chi connectivity index (χ0v) is 16.8. The van der Waals surface area contributed by atoms with Crippen LogP contribution in [0.25, 0.3) is 0 Å². The Morgan fingerprint density at radius 2 is 1.90 bits per heavy atom. The van der Waals surface area contributed by atoms with E-state index >= 15 is 0 Å². The molecule has 7 nitrogen and oxygen atoms in total. The zero-order chi connectivity index (χ0) is 21.3. The molecule has 2 aromatic carbocycles. The van der Waals surface area contributed by atoms with Crippen molar-refractivity contribution in [1.29, 1.82) is 0 Å². The summed E-state index contributed by atoms with van der Waals surface area (Å²) in [7, 11) is 3.17. The molecule has 0 aliphatic rings. The SMILES string of the molecule is COc1ccc(CN=C(N)NCc2cccnc2Oc2cccc(F)c2)cc1OC. The van der Waals surface area contributed by atoms with Crippen LogP contribution >= 0.6 is 0 Å². The van der Waals surface area contributed by atoms with Crippen molar-refractivity contribution in [3.05, 3.63) is 77.7 Å². The molecule has 0 radical (unpaired) electrons. The number of methoxy groups -OCH3 is 2. The van der Waals surface area contributed by atoms with Gasteiger partial charge in [-0.25, -0.2) is 14.4 Å². The summed E-state index contributed by atoms with van der Waals surface area (Å²) in [5.41, 5.74) is 7.67. The van der Waals surface area contributed by atoms with Crippen molar-refractivity contribution in [3.63, 3.8) is 0 Å². The van der Waals surface area contributed by atoms with Gasteiger partial charge in [0.15, 0.2) is 17.5 Å². The molecule has 0 fully saturated rings. The molecule has 3 N–H and O–H groups in total. The number of nitrogens with zero attached hydrogens (tertiary/aromatic N) is 2. The maximum atomic E-state index is 13.4. The molecule has 3 aromatic rings.